The quantitative estimate of drug-likeness (QED) is 0.845. The molecule has 21 heavy (non-hydrogen) atoms. The van der Waals surface area contributed by atoms with Gasteiger partial charge >= 0.3 is 0 Å². The SMILES string of the molecule is CNC(C)c1cc(Br)ccc1N(C)Cc1cccc(C)c1. The van der Waals surface area contributed by atoms with Gasteiger partial charge in [0.05, 0.1) is 0 Å². The van der Waals surface area contributed by atoms with Gasteiger partial charge in [0.1, 0.15) is 0 Å². The van der Waals surface area contributed by atoms with Crippen LogP contribution in [0.2, 0.25) is 0 Å². The van der Waals surface area contributed by atoms with E-state index < -0.39 is 0 Å². The van der Waals surface area contributed by atoms with E-state index in [4.69, 9.17) is 0 Å². The average Bonchev–Trinajstić information content (AvgIpc) is 2.46. The summed E-state index contributed by atoms with van der Waals surface area (Å²) in [5.41, 5.74) is 5.22. The van der Waals surface area contributed by atoms with Crippen LogP contribution in [-0.4, -0.2) is 14.1 Å². The zero-order valence-electron chi connectivity index (χ0n) is 13.2. The Hall–Kier alpha value is -1.32. The van der Waals surface area contributed by atoms with E-state index in [9.17, 15) is 0 Å². The molecular formula is C18H23BrN2. The molecule has 2 nitrogen and oxygen atoms in total. The highest BCUT2D eigenvalue weighted by molar-refractivity contribution is 9.10. The van der Waals surface area contributed by atoms with Gasteiger partial charge in [-0.3, -0.25) is 0 Å². The van der Waals surface area contributed by atoms with Crippen LogP contribution in [-0.2, 0) is 6.54 Å². The second kappa shape index (κ2) is 7.10. The van der Waals surface area contributed by atoms with Crippen LogP contribution in [0.25, 0.3) is 0 Å². The molecule has 1 unspecified atom stereocenters. The molecule has 1 atom stereocenters. The lowest BCUT2D eigenvalue weighted by molar-refractivity contribution is 0.649. The summed E-state index contributed by atoms with van der Waals surface area (Å²) in [6.45, 7) is 5.23. The maximum absolute atomic E-state index is 3.57. The molecule has 0 spiro atoms. The van der Waals surface area contributed by atoms with Gasteiger partial charge in [0.15, 0.2) is 0 Å². The number of halogens is 1. The molecule has 0 saturated heterocycles. The third kappa shape index (κ3) is 4.08. The molecule has 2 aromatic rings. The molecule has 0 heterocycles. The van der Waals surface area contributed by atoms with Crippen LogP contribution < -0.4 is 10.2 Å². The van der Waals surface area contributed by atoms with Gasteiger partial charge in [-0.25, -0.2) is 0 Å². The molecule has 3 heteroatoms. The number of nitrogens with zero attached hydrogens (tertiary/aromatic N) is 1. The van der Waals surface area contributed by atoms with Crippen molar-refractivity contribution in [3.8, 4) is 0 Å². The van der Waals surface area contributed by atoms with Crippen molar-refractivity contribution in [3.63, 3.8) is 0 Å². The number of nitrogens with one attached hydrogen (secondary N) is 1. The first-order chi connectivity index (χ1) is 10.0. The van der Waals surface area contributed by atoms with Gasteiger partial charge in [0, 0.05) is 29.8 Å². The normalized spacial score (nSPS) is 12.2. The molecule has 0 aliphatic carbocycles. The van der Waals surface area contributed by atoms with Crippen molar-refractivity contribution in [1.82, 2.24) is 5.32 Å². The first-order valence-corrected chi connectivity index (χ1v) is 8.04. The van der Waals surface area contributed by atoms with E-state index in [1.807, 2.05) is 7.05 Å². The minimum absolute atomic E-state index is 0.317. The molecule has 0 radical (unpaired) electrons. The summed E-state index contributed by atoms with van der Waals surface area (Å²) >= 11 is 3.57. The second-order valence-electron chi connectivity index (χ2n) is 5.56. The number of anilines is 1. The molecule has 1 N–H and O–H groups in total. The first kappa shape index (κ1) is 16.1. The molecule has 0 bridgehead atoms. The van der Waals surface area contributed by atoms with Crippen LogP contribution in [0.5, 0.6) is 0 Å². The molecule has 2 aromatic carbocycles. The predicted molar refractivity (Wildman–Crippen MR) is 94.9 cm³/mol. The predicted octanol–water partition coefficient (Wildman–Crippen LogP) is 4.67. The Morgan fingerprint density at radius 2 is 1.95 bits per heavy atom. The van der Waals surface area contributed by atoms with Crippen molar-refractivity contribution in [2.45, 2.75) is 26.4 Å². The smallest absolute Gasteiger partial charge is 0.0426 e. The molecule has 0 aromatic heterocycles. The maximum atomic E-state index is 3.57. The summed E-state index contributed by atoms with van der Waals surface area (Å²) in [5, 5.41) is 3.33. The van der Waals surface area contributed by atoms with Gasteiger partial charge < -0.3 is 10.2 Å². The lowest BCUT2D eigenvalue weighted by atomic mass is 10.0. The Balaban J connectivity index is 2.28. The summed E-state index contributed by atoms with van der Waals surface area (Å²) in [6.07, 6.45) is 0. The van der Waals surface area contributed by atoms with E-state index in [2.05, 4.69) is 89.5 Å². The van der Waals surface area contributed by atoms with E-state index in [0.29, 0.717) is 6.04 Å². The third-order valence-electron chi connectivity index (χ3n) is 3.80. The van der Waals surface area contributed by atoms with Crippen molar-refractivity contribution >= 4 is 21.6 Å². The minimum atomic E-state index is 0.317. The summed E-state index contributed by atoms with van der Waals surface area (Å²) in [7, 11) is 4.15. The molecule has 0 saturated carbocycles. The molecule has 0 fully saturated rings. The zero-order chi connectivity index (χ0) is 15.4. The van der Waals surface area contributed by atoms with E-state index in [1.54, 1.807) is 0 Å². The van der Waals surface area contributed by atoms with Gasteiger partial charge in [0.2, 0.25) is 0 Å². The Morgan fingerprint density at radius 1 is 1.19 bits per heavy atom. The van der Waals surface area contributed by atoms with Gasteiger partial charge in [0.25, 0.3) is 0 Å². The summed E-state index contributed by atoms with van der Waals surface area (Å²) < 4.78 is 1.12. The molecule has 2 rings (SSSR count). The first-order valence-electron chi connectivity index (χ1n) is 7.24. The molecule has 0 aliphatic rings. The van der Waals surface area contributed by atoms with Gasteiger partial charge in [-0.1, -0.05) is 45.8 Å². The van der Waals surface area contributed by atoms with Crippen LogP contribution in [0, 0.1) is 6.92 Å². The van der Waals surface area contributed by atoms with Crippen molar-refractivity contribution in [3.05, 3.63) is 63.6 Å². The lowest BCUT2D eigenvalue weighted by Crippen LogP contribution is -2.21. The van der Waals surface area contributed by atoms with Crippen molar-refractivity contribution < 1.29 is 0 Å². The fourth-order valence-corrected chi connectivity index (χ4v) is 2.92. The molecular weight excluding hydrogens is 324 g/mol. The van der Waals surface area contributed by atoms with Gasteiger partial charge in [-0.2, -0.15) is 0 Å². The van der Waals surface area contributed by atoms with Crippen LogP contribution in [0.1, 0.15) is 29.7 Å². The molecule has 0 amide bonds. The maximum Gasteiger partial charge on any atom is 0.0426 e. The van der Waals surface area contributed by atoms with E-state index in [-0.39, 0.29) is 0 Å². The van der Waals surface area contributed by atoms with Crippen LogP contribution in [0.3, 0.4) is 0 Å². The number of hydrogen-bond donors (Lipinski definition) is 1. The van der Waals surface area contributed by atoms with Crippen LogP contribution in [0.15, 0.2) is 46.9 Å². The Morgan fingerprint density at radius 3 is 2.62 bits per heavy atom. The van der Waals surface area contributed by atoms with Crippen molar-refractivity contribution in [2.75, 3.05) is 19.0 Å². The topological polar surface area (TPSA) is 15.3 Å². The third-order valence-corrected chi connectivity index (χ3v) is 4.30. The highest BCUT2D eigenvalue weighted by Gasteiger charge is 2.13. The Kier molecular flexibility index (Phi) is 5.43. The van der Waals surface area contributed by atoms with E-state index >= 15 is 0 Å². The minimum Gasteiger partial charge on any atom is -0.370 e. The largest absolute Gasteiger partial charge is 0.370 e. The van der Waals surface area contributed by atoms with E-state index in [0.717, 1.165) is 11.0 Å². The second-order valence-corrected chi connectivity index (χ2v) is 6.47. The van der Waals surface area contributed by atoms with Crippen molar-refractivity contribution in [1.29, 1.82) is 0 Å². The monoisotopic (exact) mass is 346 g/mol. The summed E-state index contributed by atoms with van der Waals surface area (Å²) in [5.74, 6) is 0. The van der Waals surface area contributed by atoms with Crippen LogP contribution >= 0.6 is 15.9 Å². The zero-order valence-corrected chi connectivity index (χ0v) is 14.7. The van der Waals surface area contributed by atoms with Crippen molar-refractivity contribution in [2.24, 2.45) is 0 Å². The standard InChI is InChI=1S/C18H23BrN2/c1-13-6-5-7-15(10-13)12-21(4)18-9-8-16(19)11-17(18)14(2)20-3/h5-11,14,20H,12H2,1-4H3. The highest BCUT2D eigenvalue weighted by Crippen LogP contribution is 2.29. The summed E-state index contributed by atoms with van der Waals surface area (Å²) in [4.78, 5) is 2.31. The number of aryl methyl sites for hydroxylation is 1. The lowest BCUT2D eigenvalue weighted by Gasteiger charge is -2.25. The fraction of sp³-hybridized carbons (Fsp3) is 0.333. The number of rotatable bonds is 5. The van der Waals surface area contributed by atoms with E-state index in [1.165, 1.54) is 22.4 Å². The molecule has 112 valence electrons. The van der Waals surface area contributed by atoms with Crippen LogP contribution in [0.4, 0.5) is 5.69 Å². The van der Waals surface area contributed by atoms with Gasteiger partial charge in [-0.15, -0.1) is 0 Å². The average molecular weight is 347 g/mol. The highest BCUT2D eigenvalue weighted by atomic mass is 79.9. The van der Waals surface area contributed by atoms with Gasteiger partial charge in [-0.05, 0) is 50.2 Å². The Bertz CT molecular complexity index is 610. The Labute approximate surface area is 136 Å². The number of benzene rings is 2. The fourth-order valence-electron chi connectivity index (χ4n) is 2.54. The summed E-state index contributed by atoms with van der Waals surface area (Å²) in [6, 6.07) is 15.5. The number of hydrogen-bond acceptors (Lipinski definition) is 2. The molecule has 0 aliphatic heterocycles.